The molecule has 0 radical (unpaired) electrons. The van der Waals surface area contributed by atoms with Crippen LogP contribution in [0.1, 0.15) is 18.4 Å². The molecule has 3 heterocycles. The summed E-state index contributed by atoms with van der Waals surface area (Å²) in [7, 11) is 4.18. The van der Waals surface area contributed by atoms with Gasteiger partial charge in [-0.15, -0.1) is 0 Å². The summed E-state index contributed by atoms with van der Waals surface area (Å²) in [6.45, 7) is 1.06. The molecule has 0 unspecified atom stereocenters. The Hall–Kier alpha value is -2.99. The van der Waals surface area contributed by atoms with Crippen molar-refractivity contribution in [2.45, 2.75) is 19.3 Å². The Morgan fingerprint density at radius 3 is 2.85 bits per heavy atom. The number of hydrogen-bond donors (Lipinski definition) is 1. The number of nitrogens with zero attached hydrogens (tertiary/aromatic N) is 4. The van der Waals surface area contributed by atoms with E-state index in [2.05, 4.69) is 44.6 Å². The molecule has 0 fully saturated rings. The van der Waals surface area contributed by atoms with E-state index in [4.69, 9.17) is 0 Å². The number of benzene rings is 2. The molecule has 0 bridgehead atoms. The van der Waals surface area contributed by atoms with Crippen molar-refractivity contribution < 1.29 is 0 Å². The second kappa shape index (κ2) is 6.03. The van der Waals surface area contributed by atoms with Gasteiger partial charge < -0.3 is 4.90 Å². The van der Waals surface area contributed by atoms with E-state index in [1.807, 2.05) is 24.5 Å². The number of rotatable bonds is 5. The van der Waals surface area contributed by atoms with Gasteiger partial charge >= 0.3 is 0 Å². The third-order valence-corrected chi connectivity index (χ3v) is 5.41. The molecule has 2 aromatic carbocycles. The quantitative estimate of drug-likeness (QED) is 0.387. The van der Waals surface area contributed by atoms with Gasteiger partial charge in [0.25, 0.3) is 0 Å². The highest BCUT2D eigenvalue weighted by Crippen LogP contribution is 2.29. The molecule has 0 saturated carbocycles. The molecule has 136 valence electrons. The fraction of sp³-hybridized carbons (Fsp3) is 0.286. The average molecular weight is 359 g/mol. The number of unbranched alkanes of at least 4 members (excludes halogenated alkanes) is 1. The average Bonchev–Trinajstić information content (AvgIpc) is 3.29. The molecular formula is C21H21N5O. The number of imidazole rings is 1. The smallest absolute Gasteiger partial charge is 0.198 e. The van der Waals surface area contributed by atoms with Crippen LogP contribution in [0.5, 0.6) is 0 Å². The van der Waals surface area contributed by atoms with Crippen LogP contribution in [-0.2, 0) is 6.42 Å². The van der Waals surface area contributed by atoms with Crippen molar-refractivity contribution >= 4 is 38.2 Å². The van der Waals surface area contributed by atoms with E-state index in [-0.39, 0.29) is 5.43 Å². The zero-order valence-corrected chi connectivity index (χ0v) is 15.5. The Bertz CT molecular complexity index is 1330. The van der Waals surface area contributed by atoms with E-state index in [0.717, 1.165) is 64.2 Å². The number of pyridine rings is 1. The third kappa shape index (κ3) is 2.40. The lowest BCUT2D eigenvalue weighted by molar-refractivity contribution is 0.394. The zero-order valence-electron chi connectivity index (χ0n) is 15.5. The van der Waals surface area contributed by atoms with E-state index in [1.165, 1.54) is 0 Å². The first-order valence-corrected chi connectivity index (χ1v) is 9.30. The molecule has 6 nitrogen and oxygen atoms in total. The maximum atomic E-state index is 13.6. The van der Waals surface area contributed by atoms with Crippen LogP contribution in [-0.4, -0.2) is 45.1 Å². The van der Waals surface area contributed by atoms with Gasteiger partial charge in [-0.2, -0.15) is 5.10 Å². The van der Waals surface area contributed by atoms with Crippen LogP contribution in [0.25, 0.3) is 38.2 Å². The second-order valence-electron chi connectivity index (χ2n) is 7.46. The monoisotopic (exact) mass is 359 g/mol. The van der Waals surface area contributed by atoms with Crippen molar-refractivity contribution in [2.24, 2.45) is 0 Å². The standard InChI is InChI=1S/C21H21N5O/c1-25(2)10-4-3-5-13-6-7-16-20-18(13)21(27)19-14-11-23-24-15(14)8-9-17(19)26(20)12-22-16/h6-9,11-12H,3-5,10H2,1-2H3,(H,23,24). The highest BCUT2D eigenvalue weighted by atomic mass is 16.1. The molecule has 0 aliphatic heterocycles. The first-order chi connectivity index (χ1) is 13.1. The molecule has 0 aliphatic rings. The summed E-state index contributed by atoms with van der Waals surface area (Å²) in [6.07, 6.45) is 6.63. The number of H-pyrrole nitrogens is 1. The second-order valence-corrected chi connectivity index (χ2v) is 7.46. The summed E-state index contributed by atoms with van der Waals surface area (Å²) in [5, 5.41) is 9.48. The fourth-order valence-electron chi connectivity index (χ4n) is 4.11. The van der Waals surface area contributed by atoms with Gasteiger partial charge in [0.15, 0.2) is 5.43 Å². The minimum atomic E-state index is 0.0817. The van der Waals surface area contributed by atoms with Gasteiger partial charge in [-0.1, -0.05) is 6.07 Å². The maximum Gasteiger partial charge on any atom is 0.198 e. The molecule has 3 aromatic heterocycles. The van der Waals surface area contributed by atoms with E-state index in [0.29, 0.717) is 5.39 Å². The summed E-state index contributed by atoms with van der Waals surface area (Å²) in [4.78, 5) is 20.3. The van der Waals surface area contributed by atoms with Crippen molar-refractivity contribution in [1.82, 2.24) is 24.5 Å². The Labute approximate surface area is 155 Å². The van der Waals surface area contributed by atoms with Crippen molar-refractivity contribution in [2.75, 3.05) is 20.6 Å². The summed E-state index contributed by atoms with van der Waals surface area (Å²) < 4.78 is 2.05. The zero-order chi connectivity index (χ0) is 18.5. The van der Waals surface area contributed by atoms with Gasteiger partial charge in [-0.25, -0.2) is 4.98 Å². The first kappa shape index (κ1) is 16.2. The van der Waals surface area contributed by atoms with Crippen LogP contribution in [0.15, 0.2) is 41.6 Å². The highest BCUT2D eigenvalue weighted by Gasteiger charge is 2.18. The molecule has 6 heteroatoms. The number of aromatic amines is 1. The van der Waals surface area contributed by atoms with Gasteiger partial charge in [0, 0.05) is 5.39 Å². The minimum absolute atomic E-state index is 0.0817. The predicted octanol–water partition coefficient (Wildman–Crippen LogP) is 3.20. The molecule has 0 saturated heterocycles. The molecule has 0 aliphatic carbocycles. The SMILES string of the molecule is CN(C)CCCCc1ccc2ncn3c4ccc5[nH]ncc5c4c(=O)c1c23. The summed E-state index contributed by atoms with van der Waals surface area (Å²) in [5.41, 5.74) is 4.75. The lowest BCUT2D eigenvalue weighted by atomic mass is 9.99. The van der Waals surface area contributed by atoms with E-state index in [1.54, 1.807) is 6.20 Å². The topological polar surface area (TPSA) is 66.3 Å². The Morgan fingerprint density at radius 1 is 1.11 bits per heavy atom. The number of nitrogens with one attached hydrogen (secondary N) is 1. The van der Waals surface area contributed by atoms with Crippen LogP contribution in [0.4, 0.5) is 0 Å². The van der Waals surface area contributed by atoms with Gasteiger partial charge in [0.1, 0.15) is 6.33 Å². The molecule has 0 amide bonds. The molecule has 5 rings (SSSR count). The molecule has 27 heavy (non-hydrogen) atoms. The molecular weight excluding hydrogens is 338 g/mol. The molecule has 1 N–H and O–H groups in total. The number of aryl methyl sites for hydroxylation is 1. The third-order valence-electron chi connectivity index (χ3n) is 5.41. The van der Waals surface area contributed by atoms with Crippen LogP contribution in [0.2, 0.25) is 0 Å². The predicted molar refractivity (Wildman–Crippen MR) is 109 cm³/mol. The number of hydrogen-bond acceptors (Lipinski definition) is 4. The maximum absolute atomic E-state index is 13.6. The molecule has 5 aromatic rings. The minimum Gasteiger partial charge on any atom is -0.309 e. The van der Waals surface area contributed by atoms with E-state index < -0.39 is 0 Å². The Kier molecular flexibility index (Phi) is 3.62. The van der Waals surface area contributed by atoms with Crippen LogP contribution in [0.3, 0.4) is 0 Å². The lowest BCUT2D eigenvalue weighted by Gasteiger charge is -2.11. The first-order valence-electron chi connectivity index (χ1n) is 9.30. The van der Waals surface area contributed by atoms with Gasteiger partial charge in [-0.3, -0.25) is 14.3 Å². The lowest BCUT2D eigenvalue weighted by Crippen LogP contribution is -2.13. The number of fused-ring (bicyclic) bond motifs is 4. The van der Waals surface area contributed by atoms with E-state index >= 15 is 0 Å². The van der Waals surface area contributed by atoms with E-state index in [9.17, 15) is 4.79 Å². The van der Waals surface area contributed by atoms with Crippen LogP contribution < -0.4 is 5.43 Å². The van der Waals surface area contributed by atoms with Crippen LogP contribution >= 0.6 is 0 Å². The summed E-state index contributed by atoms with van der Waals surface area (Å²) >= 11 is 0. The van der Waals surface area contributed by atoms with Crippen molar-refractivity contribution in [3.63, 3.8) is 0 Å². The summed E-state index contributed by atoms with van der Waals surface area (Å²) in [5.74, 6) is 0. The number of aromatic nitrogens is 4. The fourth-order valence-corrected chi connectivity index (χ4v) is 4.11. The van der Waals surface area contributed by atoms with Crippen molar-refractivity contribution in [3.05, 3.63) is 52.6 Å². The summed E-state index contributed by atoms with van der Waals surface area (Å²) in [6, 6.07) is 8.05. The van der Waals surface area contributed by atoms with Crippen LogP contribution in [0, 0.1) is 0 Å². The van der Waals surface area contributed by atoms with Crippen molar-refractivity contribution in [1.29, 1.82) is 0 Å². The molecule has 0 spiro atoms. The van der Waals surface area contributed by atoms with Crippen molar-refractivity contribution in [3.8, 4) is 0 Å². The van der Waals surface area contributed by atoms with Gasteiger partial charge in [-0.05, 0) is 63.7 Å². The largest absolute Gasteiger partial charge is 0.309 e. The Morgan fingerprint density at radius 2 is 2.00 bits per heavy atom. The highest BCUT2D eigenvalue weighted by molar-refractivity contribution is 6.11. The normalized spacial score (nSPS) is 12.4. The van der Waals surface area contributed by atoms with Gasteiger partial charge in [0.05, 0.1) is 39.0 Å². The molecule has 0 atom stereocenters. The Balaban J connectivity index is 1.78. The van der Waals surface area contributed by atoms with Gasteiger partial charge in [0.2, 0.25) is 0 Å².